The molecular formula is C18H19N5OS2. The molecule has 1 amide bonds. The van der Waals surface area contributed by atoms with Gasteiger partial charge < -0.3 is 4.90 Å². The molecular weight excluding hydrogens is 366 g/mol. The van der Waals surface area contributed by atoms with Crippen molar-refractivity contribution in [2.75, 3.05) is 12.3 Å². The molecule has 3 aromatic rings. The smallest absolute Gasteiger partial charge is 0.233 e. The van der Waals surface area contributed by atoms with Gasteiger partial charge in [-0.3, -0.25) is 4.79 Å². The van der Waals surface area contributed by atoms with Crippen molar-refractivity contribution in [2.45, 2.75) is 31.0 Å². The first-order chi connectivity index (χ1) is 12.7. The molecule has 0 aliphatic carbocycles. The van der Waals surface area contributed by atoms with Crippen LogP contribution in [-0.2, 0) is 4.79 Å². The third-order valence-electron chi connectivity index (χ3n) is 4.46. The second kappa shape index (κ2) is 7.59. The number of thioether (sulfide) groups is 1. The average molecular weight is 386 g/mol. The van der Waals surface area contributed by atoms with Crippen molar-refractivity contribution in [1.82, 2.24) is 25.1 Å². The van der Waals surface area contributed by atoms with E-state index < -0.39 is 0 Å². The van der Waals surface area contributed by atoms with E-state index in [1.54, 1.807) is 16.0 Å². The lowest BCUT2D eigenvalue weighted by Crippen LogP contribution is -2.31. The van der Waals surface area contributed by atoms with Crippen molar-refractivity contribution in [2.24, 2.45) is 0 Å². The molecule has 0 spiro atoms. The summed E-state index contributed by atoms with van der Waals surface area (Å²) in [7, 11) is 0. The van der Waals surface area contributed by atoms with Gasteiger partial charge in [0.25, 0.3) is 0 Å². The summed E-state index contributed by atoms with van der Waals surface area (Å²) in [6.07, 6.45) is 2.10. The summed E-state index contributed by atoms with van der Waals surface area (Å²) in [5.41, 5.74) is 2.04. The maximum absolute atomic E-state index is 12.8. The molecule has 134 valence electrons. The number of aromatic nitrogens is 4. The Hall–Kier alpha value is -2.19. The van der Waals surface area contributed by atoms with E-state index in [1.165, 1.54) is 16.6 Å². The first kappa shape index (κ1) is 17.2. The highest BCUT2D eigenvalue weighted by Gasteiger charge is 2.30. The molecule has 8 heteroatoms. The van der Waals surface area contributed by atoms with Crippen LogP contribution in [0.25, 0.3) is 5.69 Å². The standard InChI is InChI=1S/C18H19N5OS2/c1-13-5-2-6-14(11-13)23-18(19-20-21-23)26-12-17(24)22-9-3-7-15(22)16-8-4-10-25-16/h2,4-6,8,10-11,15H,3,7,9,12H2,1H3. The molecule has 6 nitrogen and oxygen atoms in total. The Morgan fingerprint density at radius 2 is 2.27 bits per heavy atom. The predicted octanol–water partition coefficient (Wildman–Crippen LogP) is 3.49. The number of benzene rings is 1. The second-order valence-electron chi connectivity index (χ2n) is 6.26. The Morgan fingerprint density at radius 1 is 1.35 bits per heavy atom. The Morgan fingerprint density at radius 3 is 3.08 bits per heavy atom. The minimum atomic E-state index is 0.143. The van der Waals surface area contributed by atoms with Crippen LogP contribution in [0.3, 0.4) is 0 Å². The Bertz CT molecular complexity index is 893. The van der Waals surface area contributed by atoms with Crippen molar-refractivity contribution in [1.29, 1.82) is 0 Å². The lowest BCUT2D eigenvalue weighted by molar-refractivity contribution is -0.129. The monoisotopic (exact) mass is 385 g/mol. The summed E-state index contributed by atoms with van der Waals surface area (Å²) >= 11 is 3.11. The molecule has 2 aromatic heterocycles. The molecule has 26 heavy (non-hydrogen) atoms. The predicted molar refractivity (Wildman–Crippen MR) is 103 cm³/mol. The number of likely N-dealkylation sites (tertiary alicyclic amines) is 1. The number of nitrogens with zero attached hydrogens (tertiary/aromatic N) is 5. The third kappa shape index (κ3) is 3.52. The van der Waals surface area contributed by atoms with Crippen LogP contribution < -0.4 is 0 Å². The molecule has 1 unspecified atom stereocenters. The topological polar surface area (TPSA) is 63.9 Å². The summed E-state index contributed by atoms with van der Waals surface area (Å²) in [5, 5.41) is 14.6. The highest BCUT2D eigenvalue weighted by Crippen LogP contribution is 2.35. The molecule has 1 saturated heterocycles. The van der Waals surface area contributed by atoms with Crippen LogP contribution in [0.4, 0.5) is 0 Å². The number of rotatable bonds is 5. The summed E-state index contributed by atoms with van der Waals surface area (Å²) in [5.74, 6) is 0.485. The SMILES string of the molecule is Cc1cccc(-n2nnnc2SCC(=O)N2CCCC2c2cccs2)c1. The molecule has 4 rings (SSSR count). The van der Waals surface area contributed by atoms with Gasteiger partial charge in [0.2, 0.25) is 11.1 Å². The highest BCUT2D eigenvalue weighted by molar-refractivity contribution is 7.99. The normalized spacial score (nSPS) is 17.0. The first-order valence-corrected chi connectivity index (χ1v) is 10.4. The maximum Gasteiger partial charge on any atom is 0.233 e. The summed E-state index contributed by atoms with van der Waals surface area (Å²) in [6, 6.07) is 12.4. The van der Waals surface area contributed by atoms with Gasteiger partial charge in [0.15, 0.2) is 0 Å². The number of hydrogen-bond acceptors (Lipinski definition) is 6. The van der Waals surface area contributed by atoms with Crippen molar-refractivity contribution in [3.63, 3.8) is 0 Å². The van der Waals surface area contributed by atoms with Gasteiger partial charge in [0.05, 0.1) is 17.5 Å². The molecule has 0 saturated carbocycles. The van der Waals surface area contributed by atoms with Crippen molar-refractivity contribution < 1.29 is 4.79 Å². The van der Waals surface area contributed by atoms with Crippen LogP contribution >= 0.6 is 23.1 Å². The Balaban J connectivity index is 1.45. The molecule has 1 aliphatic heterocycles. The van der Waals surface area contributed by atoms with Crippen molar-refractivity contribution in [3.8, 4) is 5.69 Å². The van der Waals surface area contributed by atoms with Gasteiger partial charge in [-0.1, -0.05) is 30.0 Å². The minimum Gasteiger partial charge on any atom is -0.334 e. The zero-order valence-electron chi connectivity index (χ0n) is 14.4. The number of carbonyl (C=O) groups is 1. The van der Waals surface area contributed by atoms with E-state index in [2.05, 4.69) is 27.0 Å². The molecule has 3 heterocycles. The van der Waals surface area contributed by atoms with E-state index in [-0.39, 0.29) is 11.9 Å². The quantitative estimate of drug-likeness (QED) is 0.629. The molecule has 1 aromatic carbocycles. The van der Waals surface area contributed by atoms with Gasteiger partial charge in [-0.05, 0) is 59.3 Å². The van der Waals surface area contributed by atoms with E-state index in [0.717, 1.165) is 30.6 Å². The van der Waals surface area contributed by atoms with Gasteiger partial charge in [-0.2, -0.15) is 4.68 Å². The largest absolute Gasteiger partial charge is 0.334 e. The molecule has 0 radical (unpaired) electrons. The van der Waals surface area contributed by atoms with Gasteiger partial charge >= 0.3 is 0 Å². The summed E-state index contributed by atoms with van der Waals surface area (Å²) < 4.78 is 1.69. The molecule has 1 atom stereocenters. The van der Waals surface area contributed by atoms with E-state index >= 15 is 0 Å². The number of thiophene rings is 1. The lowest BCUT2D eigenvalue weighted by atomic mass is 10.2. The first-order valence-electron chi connectivity index (χ1n) is 8.53. The van der Waals surface area contributed by atoms with Gasteiger partial charge in [-0.25, -0.2) is 0 Å². The number of tetrazole rings is 1. The van der Waals surface area contributed by atoms with Gasteiger partial charge in [-0.15, -0.1) is 16.4 Å². The molecule has 1 fully saturated rings. The molecule has 0 N–H and O–H groups in total. The number of amides is 1. The highest BCUT2D eigenvalue weighted by atomic mass is 32.2. The van der Waals surface area contributed by atoms with Gasteiger partial charge in [0.1, 0.15) is 0 Å². The van der Waals surface area contributed by atoms with E-state index in [9.17, 15) is 4.79 Å². The summed E-state index contributed by atoms with van der Waals surface area (Å²) in [6.45, 7) is 2.85. The molecule has 1 aliphatic rings. The fourth-order valence-corrected chi connectivity index (χ4v) is 4.89. The Kier molecular flexibility index (Phi) is 5.03. The van der Waals surface area contributed by atoms with Crippen LogP contribution in [0.1, 0.15) is 29.3 Å². The number of aryl methyl sites for hydroxylation is 1. The Labute approximate surface area is 160 Å². The van der Waals surface area contributed by atoms with Crippen LogP contribution in [-0.4, -0.2) is 43.3 Å². The number of carbonyl (C=O) groups excluding carboxylic acids is 1. The second-order valence-corrected chi connectivity index (χ2v) is 8.18. The third-order valence-corrected chi connectivity index (χ3v) is 6.33. The molecule has 0 bridgehead atoms. The zero-order chi connectivity index (χ0) is 17.9. The summed E-state index contributed by atoms with van der Waals surface area (Å²) in [4.78, 5) is 16.0. The van der Waals surface area contributed by atoms with E-state index in [1.807, 2.05) is 42.2 Å². The van der Waals surface area contributed by atoms with Crippen LogP contribution in [0.2, 0.25) is 0 Å². The average Bonchev–Trinajstić information content (AvgIpc) is 3.40. The van der Waals surface area contributed by atoms with Crippen LogP contribution in [0.5, 0.6) is 0 Å². The van der Waals surface area contributed by atoms with E-state index in [0.29, 0.717) is 10.9 Å². The van der Waals surface area contributed by atoms with Crippen LogP contribution in [0, 0.1) is 6.92 Å². The fraction of sp³-hybridized carbons (Fsp3) is 0.333. The fourth-order valence-electron chi connectivity index (χ4n) is 3.24. The van der Waals surface area contributed by atoms with Crippen molar-refractivity contribution in [3.05, 3.63) is 52.2 Å². The minimum absolute atomic E-state index is 0.143. The number of hydrogen-bond donors (Lipinski definition) is 0. The van der Waals surface area contributed by atoms with Crippen LogP contribution in [0.15, 0.2) is 46.9 Å². The zero-order valence-corrected chi connectivity index (χ0v) is 16.0. The van der Waals surface area contributed by atoms with E-state index in [4.69, 9.17) is 0 Å². The maximum atomic E-state index is 12.8. The van der Waals surface area contributed by atoms with Crippen molar-refractivity contribution >= 4 is 29.0 Å². The van der Waals surface area contributed by atoms with Gasteiger partial charge in [0, 0.05) is 11.4 Å². The lowest BCUT2D eigenvalue weighted by Gasteiger charge is -2.23.